The summed E-state index contributed by atoms with van der Waals surface area (Å²) >= 11 is 0. The fourth-order valence-corrected chi connectivity index (χ4v) is 3.96. The zero-order valence-electron chi connectivity index (χ0n) is 18.7. The van der Waals surface area contributed by atoms with E-state index in [0.29, 0.717) is 0 Å². The molecule has 3 rings (SSSR count). The van der Waals surface area contributed by atoms with E-state index in [2.05, 4.69) is 0 Å². The van der Waals surface area contributed by atoms with E-state index in [1.54, 1.807) is 0 Å². The van der Waals surface area contributed by atoms with Gasteiger partial charge in [-0.2, -0.15) is 0 Å². The maximum atomic E-state index is 12.1. The molecule has 0 spiro atoms. The molecule has 36 heavy (non-hydrogen) atoms. The zero-order valence-corrected chi connectivity index (χ0v) is 18.7. The smallest absolute Gasteiger partial charge is 0.335 e. The van der Waals surface area contributed by atoms with Crippen molar-refractivity contribution in [3.05, 3.63) is 29.8 Å². The van der Waals surface area contributed by atoms with Gasteiger partial charge in [-0.15, -0.1) is 0 Å². The molecule has 1 heterocycles. The molecule has 1 saturated heterocycles. The van der Waals surface area contributed by atoms with Gasteiger partial charge in [0.05, 0.1) is 18.8 Å². The first-order valence-corrected chi connectivity index (χ1v) is 10.9. The molecule has 0 radical (unpaired) electrons. The monoisotopic (exact) mass is 516 g/mol. The highest BCUT2D eigenvalue weighted by molar-refractivity contribution is 5.87. The Balaban J connectivity index is 1.61. The van der Waals surface area contributed by atoms with Gasteiger partial charge in [0, 0.05) is 18.9 Å². The molecule has 0 bridgehead atoms. The Labute approximate surface area is 203 Å². The number of carbonyl (C=O) groups excluding carboxylic acids is 1. The lowest BCUT2D eigenvalue weighted by Crippen LogP contribution is -2.60. The number of phenols is 1. The quantitative estimate of drug-likeness (QED) is 0.128. The molecule has 0 amide bonds. The Morgan fingerprint density at radius 3 is 2.25 bits per heavy atom. The highest BCUT2D eigenvalue weighted by Crippen LogP contribution is 2.33. The van der Waals surface area contributed by atoms with Crippen LogP contribution in [0.15, 0.2) is 24.3 Å². The molecule has 2 aliphatic rings. The minimum atomic E-state index is -2.35. The van der Waals surface area contributed by atoms with E-state index in [0.717, 1.165) is 6.08 Å². The molecular formula is C22H28O14. The van der Waals surface area contributed by atoms with Gasteiger partial charge >= 0.3 is 11.9 Å². The molecule has 7 unspecified atom stereocenters. The molecule has 7 atom stereocenters. The second-order valence-corrected chi connectivity index (χ2v) is 8.66. The summed E-state index contributed by atoms with van der Waals surface area (Å²) in [7, 11) is 0. The average Bonchev–Trinajstić information content (AvgIpc) is 2.81. The second kappa shape index (κ2) is 11.1. The third kappa shape index (κ3) is 5.93. The van der Waals surface area contributed by atoms with Crippen molar-refractivity contribution >= 4 is 18.0 Å². The molecule has 1 saturated carbocycles. The summed E-state index contributed by atoms with van der Waals surface area (Å²) in [6.45, 7) is -0.661. The lowest BCUT2D eigenvalue weighted by Gasteiger charge is -2.39. The van der Waals surface area contributed by atoms with Crippen molar-refractivity contribution in [3.8, 4) is 11.5 Å². The third-order valence-electron chi connectivity index (χ3n) is 5.99. The van der Waals surface area contributed by atoms with Gasteiger partial charge in [0.1, 0.15) is 24.4 Å². The molecule has 14 nitrogen and oxygen atoms in total. The Bertz CT molecular complexity index is 965. The molecule has 9 N–H and O–H groups in total. The van der Waals surface area contributed by atoms with Crippen LogP contribution in [-0.2, 0) is 19.1 Å². The molecule has 1 aromatic carbocycles. The van der Waals surface area contributed by atoms with Crippen molar-refractivity contribution in [2.45, 2.75) is 67.5 Å². The van der Waals surface area contributed by atoms with E-state index in [4.69, 9.17) is 19.3 Å². The van der Waals surface area contributed by atoms with Crippen LogP contribution in [0.4, 0.5) is 0 Å². The Morgan fingerprint density at radius 2 is 1.69 bits per heavy atom. The molecule has 1 aliphatic carbocycles. The van der Waals surface area contributed by atoms with Gasteiger partial charge in [0.25, 0.3) is 0 Å². The van der Waals surface area contributed by atoms with Gasteiger partial charge < -0.3 is 60.2 Å². The fraction of sp³-hybridized carbons (Fsp3) is 0.545. The summed E-state index contributed by atoms with van der Waals surface area (Å²) in [5.74, 6) is -3.25. The van der Waals surface area contributed by atoms with Gasteiger partial charge in [0.2, 0.25) is 6.29 Å². The number of phenolic OH excluding ortho intramolecular Hbond substituents is 1. The highest BCUT2D eigenvalue weighted by atomic mass is 16.7. The predicted molar refractivity (Wildman–Crippen MR) is 115 cm³/mol. The molecule has 200 valence electrons. The third-order valence-corrected chi connectivity index (χ3v) is 5.99. The van der Waals surface area contributed by atoms with Crippen molar-refractivity contribution in [1.82, 2.24) is 0 Å². The maximum Gasteiger partial charge on any atom is 0.335 e. The Kier molecular flexibility index (Phi) is 8.53. The van der Waals surface area contributed by atoms with Crippen molar-refractivity contribution in [2.75, 3.05) is 6.61 Å². The lowest BCUT2D eigenvalue weighted by molar-refractivity contribution is -0.277. The van der Waals surface area contributed by atoms with Gasteiger partial charge in [-0.05, 0) is 23.8 Å². The summed E-state index contributed by atoms with van der Waals surface area (Å²) in [5, 5.41) is 88.2. The Hall–Kier alpha value is -2.82. The number of esters is 1. The van der Waals surface area contributed by atoms with E-state index in [1.807, 2.05) is 0 Å². The van der Waals surface area contributed by atoms with E-state index in [-0.39, 0.29) is 11.3 Å². The van der Waals surface area contributed by atoms with Crippen LogP contribution < -0.4 is 4.74 Å². The largest absolute Gasteiger partial charge is 0.504 e. The standard InChI is InChI=1S/C22H28O14/c23-8-14-16(28)17(29)18(30)20(35-14)34-13-3-1-9(5-10(13)24)2-4-15(27)36-19-11(25)6-22(33,21(31)32)7-12(19)26/h1-5,11-12,14,16-20,23-26,28-30,33H,6-8H2,(H,31,32). The molecule has 0 aromatic heterocycles. The topological polar surface area (TPSA) is 244 Å². The maximum absolute atomic E-state index is 12.1. The van der Waals surface area contributed by atoms with Gasteiger partial charge in [-0.3, -0.25) is 0 Å². The second-order valence-electron chi connectivity index (χ2n) is 8.66. The van der Waals surface area contributed by atoms with Crippen LogP contribution in [0.3, 0.4) is 0 Å². The fourth-order valence-electron chi connectivity index (χ4n) is 3.96. The number of aromatic hydroxyl groups is 1. The number of carboxylic acid groups (broad SMARTS) is 1. The number of ether oxygens (including phenoxy) is 3. The summed E-state index contributed by atoms with van der Waals surface area (Å²) < 4.78 is 15.5. The van der Waals surface area contributed by atoms with Crippen molar-refractivity contribution in [2.24, 2.45) is 0 Å². The van der Waals surface area contributed by atoms with Crippen LogP contribution in [0.2, 0.25) is 0 Å². The first-order chi connectivity index (χ1) is 16.9. The van der Waals surface area contributed by atoms with Crippen molar-refractivity contribution < 1.29 is 69.8 Å². The van der Waals surface area contributed by atoms with Crippen LogP contribution in [0.25, 0.3) is 6.08 Å². The van der Waals surface area contributed by atoms with Crippen molar-refractivity contribution in [1.29, 1.82) is 0 Å². The van der Waals surface area contributed by atoms with Crippen LogP contribution >= 0.6 is 0 Å². The number of carbonyl (C=O) groups is 2. The van der Waals surface area contributed by atoms with Crippen LogP contribution in [0.1, 0.15) is 18.4 Å². The average molecular weight is 516 g/mol. The number of carboxylic acids is 1. The molecular weight excluding hydrogens is 488 g/mol. The lowest BCUT2D eigenvalue weighted by atomic mass is 9.79. The number of aliphatic hydroxyl groups is 7. The van der Waals surface area contributed by atoms with E-state index < -0.39 is 91.8 Å². The molecule has 14 heteroatoms. The van der Waals surface area contributed by atoms with E-state index in [9.17, 15) is 50.4 Å². The molecule has 1 aromatic rings. The van der Waals surface area contributed by atoms with Crippen LogP contribution in [0.5, 0.6) is 11.5 Å². The zero-order chi connectivity index (χ0) is 26.8. The minimum Gasteiger partial charge on any atom is -0.504 e. The predicted octanol–water partition coefficient (Wildman–Crippen LogP) is -3.17. The van der Waals surface area contributed by atoms with Crippen molar-refractivity contribution in [3.63, 3.8) is 0 Å². The Morgan fingerprint density at radius 1 is 1.06 bits per heavy atom. The van der Waals surface area contributed by atoms with E-state index >= 15 is 0 Å². The van der Waals surface area contributed by atoms with E-state index in [1.165, 1.54) is 24.3 Å². The molecule has 1 aliphatic heterocycles. The highest BCUT2D eigenvalue weighted by Gasteiger charge is 2.50. The number of hydrogen-bond acceptors (Lipinski definition) is 13. The number of rotatable bonds is 7. The van der Waals surface area contributed by atoms with Gasteiger partial charge in [-0.25, -0.2) is 9.59 Å². The summed E-state index contributed by atoms with van der Waals surface area (Å²) in [4.78, 5) is 23.3. The molecule has 2 fully saturated rings. The minimum absolute atomic E-state index is 0.182. The number of benzene rings is 1. The van der Waals surface area contributed by atoms with Crippen LogP contribution in [0, 0.1) is 0 Å². The summed E-state index contributed by atoms with van der Waals surface area (Å²) in [6, 6.07) is 3.81. The number of aliphatic carboxylic acids is 1. The number of hydrogen-bond donors (Lipinski definition) is 9. The number of aliphatic hydroxyl groups excluding tert-OH is 6. The normalized spacial score (nSPS) is 37.0. The van der Waals surface area contributed by atoms with Gasteiger partial charge in [-0.1, -0.05) is 6.07 Å². The SMILES string of the molecule is O=C(C=Cc1ccc(OC2OC(CO)C(O)C(O)C2O)c(O)c1)OC1C(O)CC(O)(C(=O)O)CC1O. The first kappa shape index (κ1) is 27.8. The summed E-state index contributed by atoms with van der Waals surface area (Å²) in [5.41, 5.74) is -2.08. The first-order valence-electron chi connectivity index (χ1n) is 10.9. The summed E-state index contributed by atoms with van der Waals surface area (Å²) in [6.07, 6.45) is -11.5. The van der Waals surface area contributed by atoms with Gasteiger partial charge in [0.15, 0.2) is 23.2 Å². The van der Waals surface area contributed by atoms with Crippen LogP contribution in [-0.4, -0.2) is 119 Å².